The largest absolute Gasteiger partial charge is 0.481 e. The van der Waals surface area contributed by atoms with Gasteiger partial charge in [0.25, 0.3) is 5.56 Å². The normalized spacial score (nSPS) is 10.8. The summed E-state index contributed by atoms with van der Waals surface area (Å²) in [6, 6.07) is 3.30. The molecule has 112 valence electrons. The molecule has 2 heterocycles. The lowest BCUT2D eigenvalue weighted by Gasteiger charge is -2.08. The Morgan fingerprint density at radius 1 is 1.43 bits per heavy atom. The number of rotatable bonds is 6. The molecule has 0 amide bonds. The summed E-state index contributed by atoms with van der Waals surface area (Å²) in [5, 5.41) is 17.5. The predicted octanol–water partition coefficient (Wildman–Crippen LogP) is 1.23. The van der Waals surface area contributed by atoms with Gasteiger partial charge in [-0.3, -0.25) is 9.59 Å². The van der Waals surface area contributed by atoms with Crippen LogP contribution in [0.25, 0.3) is 11.4 Å². The number of aliphatic carboxylic acids is 1. The summed E-state index contributed by atoms with van der Waals surface area (Å²) in [5.74, 6) is -0.387. The topological polar surface area (TPSA) is 90.0 Å². The highest BCUT2D eigenvalue weighted by molar-refractivity contribution is 7.99. The van der Waals surface area contributed by atoms with E-state index in [9.17, 15) is 9.59 Å². The van der Waals surface area contributed by atoms with E-state index in [0.29, 0.717) is 23.1 Å². The smallest absolute Gasteiger partial charge is 0.313 e. The number of carbonyl (C=O) groups is 1. The molecule has 1 N–H and O–H groups in total. The molecule has 2 rings (SSSR count). The van der Waals surface area contributed by atoms with Gasteiger partial charge in [-0.25, -0.2) is 0 Å². The van der Waals surface area contributed by atoms with Crippen molar-refractivity contribution in [3.63, 3.8) is 0 Å². The van der Waals surface area contributed by atoms with Gasteiger partial charge >= 0.3 is 5.97 Å². The highest BCUT2D eigenvalue weighted by Gasteiger charge is 2.15. The fourth-order valence-corrected chi connectivity index (χ4v) is 2.53. The molecule has 0 saturated carbocycles. The van der Waals surface area contributed by atoms with Crippen molar-refractivity contribution in [2.75, 3.05) is 5.75 Å². The predicted molar refractivity (Wildman–Crippen MR) is 79.3 cm³/mol. The van der Waals surface area contributed by atoms with E-state index in [2.05, 4.69) is 10.2 Å². The maximum Gasteiger partial charge on any atom is 0.313 e. The van der Waals surface area contributed by atoms with Gasteiger partial charge in [0.15, 0.2) is 11.0 Å². The van der Waals surface area contributed by atoms with Crippen LogP contribution >= 0.6 is 11.8 Å². The quantitative estimate of drug-likeness (QED) is 0.807. The van der Waals surface area contributed by atoms with Crippen LogP contribution in [0.2, 0.25) is 0 Å². The number of aryl methyl sites for hydroxylation is 1. The molecule has 0 radical (unpaired) electrons. The number of nitrogens with zero attached hydrogens (tertiary/aromatic N) is 4. The molecule has 2 aromatic heterocycles. The van der Waals surface area contributed by atoms with Gasteiger partial charge in [0.2, 0.25) is 0 Å². The summed E-state index contributed by atoms with van der Waals surface area (Å²) in [6.07, 6.45) is 2.53. The van der Waals surface area contributed by atoms with Crippen LogP contribution in [0, 0.1) is 0 Å². The number of carboxylic acid groups (broad SMARTS) is 1. The lowest BCUT2D eigenvalue weighted by molar-refractivity contribution is -0.133. The number of aromatic nitrogens is 4. The minimum Gasteiger partial charge on any atom is -0.481 e. The first-order valence-corrected chi connectivity index (χ1v) is 7.46. The average Bonchev–Trinajstić information content (AvgIpc) is 2.83. The van der Waals surface area contributed by atoms with Crippen molar-refractivity contribution in [3.05, 3.63) is 28.7 Å². The standard InChI is InChI=1S/C13H16N4O3S/c1-3-5-17-12(9-4-6-16(2)10(18)7-9)14-15-13(17)21-8-11(19)20/h4,6-7H,3,5,8H2,1-2H3,(H,19,20). The molecular weight excluding hydrogens is 292 g/mol. The van der Waals surface area contributed by atoms with Gasteiger partial charge in [-0.15, -0.1) is 10.2 Å². The number of carboxylic acids is 1. The van der Waals surface area contributed by atoms with Crippen LogP contribution in [0.4, 0.5) is 0 Å². The van der Waals surface area contributed by atoms with Crippen molar-refractivity contribution >= 4 is 17.7 Å². The van der Waals surface area contributed by atoms with Crippen molar-refractivity contribution in [1.29, 1.82) is 0 Å². The number of hydrogen-bond acceptors (Lipinski definition) is 5. The molecule has 0 fully saturated rings. The maximum absolute atomic E-state index is 11.7. The van der Waals surface area contributed by atoms with Crippen LogP contribution in [-0.4, -0.2) is 36.2 Å². The van der Waals surface area contributed by atoms with E-state index in [0.717, 1.165) is 18.2 Å². The Morgan fingerprint density at radius 3 is 2.81 bits per heavy atom. The van der Waals surface area contributed by atoms with Crippen molar-refractivity contribution in [2.24, 2.45) is 7.05 Å². The minimum atomic E-state index is -0.902. The second-order valence-corrected chi connectivity index (χ2v) is 5.45. The van der Waals surface area contributed by atoms with Crippen LogP contribution in [0.5, 0.6) is 0 Å². The molecule has 21 heavy (non-hydrogen) atoms. The van der Waals surface area contributed by atoms with Crippen LogP contribution < -0.4 is 5.56 Å². The van der Waals surface area contributed by atoms with E-state index in [-0.39, 0.29) is 11.3 Å². The van der Waals surface area contributed by atoms with Gasteiger partial charge in [-0.05, 0) is 12.5 Å². The maximum atomic E-state index is 11.7. The molecule has 0 aliphatic rings. The molecule has 0 atom stereocenters. The highest BCUT2D eigenvalue weighted by atomic mass is 32.2. The van der Waals surface area contributed by atoms with Crippen LogP contribution in [0.3, 0.4) is 0 Å². The Kier molecular flexibility index (Phi) is 4.79. The Bertz CT molecular complexity index is 708. The molecule has 2 aromatic rings. The van der Waals surface area contributed by atoms with Gasteiger partial charge in [0.1, 0.15) is 0 Å². The zero-order chi connectivity index (χ0) is 15.4. The molecular formula is C13H16N4O3S. The number of hydrogen-bond donors (Lipinski definition) is 1. The van der Waals surface area contributed by atoms with Crippen LogP contribution in [0.15, 0.2) is 28.3 Å². The summed E-state index contributed by atoms with van der Waals surface area (Å²) in [5.41, 5.74) is 0.555. The fraction of sp³-hybridized carbons (Fsp3) is 0.385. The molecule has 0 unspecified atom stereocenters. The highest BCUT2D eigenvalue weighted by Crippen LogP contribution is 2.23. The monoisotopic (exact) mass is 308 g/mol. The average molecular weight is 308 g/mol. The third-order valence-corrected chi connectivity index (χ3v) is 3.80. The second kappa shape index (κ2) is 6.57. The lowest BCUT2D eigenvalue weighted by atomic mass is 10.2. The van der Waals surface area contributed by atoms with Crippen LogP contribution in [0.1, 0.15) is 13.3 Å². The van der Waals surface area contributed by atoms with Crippen molar-refractivity contribution in [1.82, 2.24) is 19.3 Å². The van der Waals surface area contributed by atoms with Gasteiger partial charge in [-0.2, -0.15) is 0 Å². The summed E-state index contributed by atoms with van der Waals surface area (Å²) in [6.45, 7) is 2.68. The third-order valence-electron chi connectivity index (χ3n) is 2.85. The number of pyridine rings is 1. The van der Waals surface area contributed by atoms with E-state index in [1.807, 2.05) is 11.5 Å². The SMILES string of the molecule is CCCn1c(SCC(=O)O)nnc1-c1ccn(C)c(=O)c1. The molecule has 7 nitrogen and oxygen atoms in total. The summed E-state index contributed by atoms with van der Waals surface area (Å²) >= 11 is 1.12. The lowest BCUT2D eigenvalue weighted by Crippen LogP contribution is -2.15. The van der Waals surface area contributed by atoms with Crippen molar-refractivity contribution in [2.45, 2.75) is 25.0 Å². The molecule has 0 aliphatic heterocycles. The zero-order valence-electron chi connectivity index (χ0n) is 11.8. The Morgan fingerprint density at radius 2 is 2.19 bits per heavy atom. The first-order valence-electron chi connectivity index (χ1n) is 6.47. The zero-order valence-corrected chi connectivity index (χ0v) is 12.6. The van der Waals surface area contributed by atoms with E-state index in [1.54, 1.807) is 19.3 Å². The van der Waals surface area contributed by atoms with E-state index in [1.165, 1.54) is 10.6 Å². The second-order valence-electron chi connectivity index (χ2n) is 4.50. The van der Waals surface area contributed by atoms with Crippen molar-refractivity contribution < 1.29 is 9.90 Å². The van der Waals surface area contributed by atoms with E-state index < -0.39 is 5.97 Å². The first kappa shape index (κ1) is 15.3. The van der Waals surface area contributed by atoms with Gasteiger partial charge in [-0.1, -0.05) is 18.7 Å². The van der Waals surface area contributed by atoms with Crippen molar-refractivity contribution in [3.8, 4) is 11.4 Å². The van der Waals surface area contributed by atoms with E-state index >= 15 is 0 Å². The van der Waals surface area contributed by atoms with Gasteiger partial charge in [0, 0.05) is 31.4 Å². The minimum absolute atomic E-state index is 0.0710. The molecule has 0 aliphatic carbocycles. The molecule has 0 spiro atoms. The number of thioether (sulfide) groups is 1. The van der Waals surface area contributed by atoms with Crippen LogP contribution in [-0.2, 0) is 18.4 Å². The summed E-state index contributed by atoms with van der Waals surface area (Å²) < 4.78 is 3.33. The first-order chi connectivity index (χ1) is 10.0. The molecule has 8 heteroatoms. The molecule has 0 saturated heterocycles. The Labute approximate surface area is 125 Å². The van der Waals surface area contributed by atoms with Gasteiger partial charge in [0.05, 0.1) is 5.75 Å². The summed E-state index contributed by atoms with van der Waals surface area (Å²) in [4.78, 5) is 22.4. The fourth-order valence-electron chi connectivity index (χ4n) is 1.85. The Balaban J connectivity index is 2.40. The van der Waals surface area contributed by atoms with E-state index in [4.69, 9.17) is 5.11 Å². The third kappa shape index (κ3) is 3.52. The molecule has 0 aromatic carbocycles. The molecule has 0 bridgehead atoms. The van der Waals surface area contributed by atoms with Gasteiger partial charge < -0.3 is 14.2 Å². The summed E-state index contributed by atoms with van der Waals surface area (Å²) in [7, 11) is 1.68. The Hall–Kier alpha value is -2.09.